The van der Waals surface area contributed by atoms with Gasteiger partial charge in [-0.05, 0) is 10.6 Å². The molecule has 0 unspecified atom stereocenters. The Kier molecular flexibility index (Phi) is 2.91. The molecule has 0 bridgehead atoms. The summed E-state index contributed by atoms with van der Waals surface area (Å²) in [6.07, 6.45) is 0. The summed E-state index contributed by atoms with van der Waals surface area (Å²) in [5.41, 5.74) is 6.27. The molecule has 0 aliphatic rings. The van der Waals surface area contributed by atoms with E-state index in [0.717, 1.165) is 0 Å². The molecule has 0 aliphatic carbocycles. The highest BCUT2D eigenvalue weighted by Crippen LogP contribution is 2.19. The van der Waals surface area contributed by atoms with Gasteiger partial charge in [0.1, 0.15) is 5.56 Å². The van der Waals surface area contributed by atoms with Crippen molar-refractivity contribution in [3.63, 3.8) is 0 Å². The normalized spacial score (nSPS) is 9.60. The number of nitrogens with zero attached hydrogens (tertiary/aromatic N) is 3. The van der Waals surface area contributed by atoms with E-state index in [4.69, 9.17) is 5.53 Å². The Morgan fingerprint density at radius 1 is 1.20 bits per heavy atom. The standard InChI is InChI=1S/C7HF4N3O/c8-2-1-3(9)6(11)4(5(2)10)7(15)13-14-12/h1H. The predicted octanol–water partition coefficient (Wildman–Crippen LogP) is 2.69. The van der Waals surface area contributed by atoms with E-state index in [2.05, 4.69) is 5.11 Å². The third-order valence-corrected chi connectivity index (χ3v) is 1.46. The van der Waals surface area contributed by atoms with Crippen LogP contribution < -0.4 is 0 Å². The minimum atomic E-state index is -1.90. The Hall–Kier alpha value is -2.08. The number of benzene rings is 1. The molecule has 0 radical (unpaired) electrons. The highest BCUT2D eigenvalue weighted by molar-refractivity contribution is 5.95. The largest absolute Gasteiger partial charge is 0.287 e. The quantitative estimate of drug-likeness (QED) is 0.235. The highest BCUT2D eigenvalue weighted by Gasteiger charge is 2.23. The number of azide groups is 1. The van der Waals surface area contributed by atoms with E-state index < -0.39 is 34.7 Å². The number of carbonyl (C=O) groups excluding carboxylic acids is 1. The van der Waals surface area contributed by atoms with Crippen molar-refractivity contribution in [1.29, 1.82) is 0 Å². The molecule has 0 fully saturated rings. The van der Waals surface area contributed by atoms with Crippen LogP contribution in [-0.2, 0) is 0 Å². The molecule has 78 valence electrons. The molecule has 0 saturated heterocycles. The molecule has 0 spiro atoms. The zero-order chi connectivity index (χ0) is 11.6. The second-order valence-electron chi connectivity index (χ2n) is 2.34. The van der Waals surface area contributed by atoms with Crippen molar-refractivity contribution < 1.29 is 22.4 Å². The van der Waals surface area contributed by atoms with E-state index in [1.807, 2.05) is 4.91 Å². The average molecular weight is 219 g/mol. The van der Waals surface area contributed by atoms with E-state index >= 15 is 0 Å². The van der Waals surface area contributed by atoms with Crippen LogP contribution in [0.25, 0.3) is 10.4 Å². The number of amides is 1. The van der Waals surface area contributed by atoms with Gasteiger partial charge in [-0.2, -0.15) is 0 Å². The first-order valence-electron chi connectivity index (χ1n) is 3.41. The zero-order valence-corrected chi connectivity index (χ0v) is 6.84. The lowest BCUT2D eigenvalue weighted by atomic mass is 10.1. The summed E-state index contributed by atoms with van der Waals surface area (Å²) in [7, 11) is 0. The molecule has 15 heavy (non-hydrogen) atoms. The number of halogens is 4. The van der Waals surface area contributed by atoms with Crippen molar-refractivity contribution in [2.24, 2.45) is 5.11 Å². The zero-order valence-electron chi connectivity index (χ0n) is 6.84. The van der Waals surface area contributed by atoms with E-state index in [1.54, 1.807) is 0 Å². The molecule has 8 heteroatoms. The van der Waals surface area contributed by atoms with Crippen LogP contribution in [0.5, 0.6) is 0 Å². The van der Waals surface area contributed by atoms with Gasteiger partial charge in [-0.25, -0.2) is 17.6 Å². The van der Waals surface area contributed by atoms with Gasteiger partial charge in [-0.1, -0.05) is 0 Å². The summed E-state index contributed by atoms with van der Waals surface area (Å²) in [5.74, 6) is -9.01. The fourth-order valence-electron chi connectivity index (χ4n) is 0.852. The van der Waals surface area contributed by atoms with Gasteiger partial charge in [0.05, 0.1) is 0 Å². The molecular weight excluding hydrogens is 218 g/mol. The van der Waals surface area contributed by atoms with Gasteiger partial charge in [0, 0.05) is 11.0 Å². The summed E-state index contributed by atoms with van der Waals surface area (Å²) in [5, 5.41) is 2.33. The topological polar surface area (TPSA) is 65.8 Å². The van der Waals surface area contributed by atoms with Gasteiger partial charge in [0.15, 0.2) is 23.3 Å². The highest BCUT2D eigenvalue weighted by atomic mass is 19.2. The monoisotopic (exact) mass is 219 g/mol. The molecule has 0 saturated carbocycles. The summed E-state index contributed by atoms with van der Waals surface area (Å²) in [6.45, 7) is 0. The smallest absolute Gasteiger partial charge is 0.255 e. The second kappa shape index (κ2) is 3.97. The molecule has 0 aliphatic heterocycles. The van der Waals surface area contributed by atoms with Crippen LogP contribution >= 0.6 is 0 Å². The third-order valence-electron chi connectivity index (χ3n) is 1.46. The van der Waals surface area contributed by atoms with Crippen LogP contribution in [0.2, 0.25) is 0 Å². The molecule has 0 N–H and O–H groups in total. The SMILES string of the molecule is [N-]=[N+]=NC(=O)c1c(F)c(F)cc(F)c1F. The Bertz CT molecular complexity index is 455. The Morgan fingerprint density at radius 3 is 2.07 bits per heavy atom. The first-order valence-corrected chi connectivity index (χ1v) is 3.41. The number of hydrogen-bond donors (Lipinski definition) is 0. The third kappa shape index (κ3) is 1.89. The van der Waals surface area contributed by atoms with Gasteiger partial charge in [0.25, 0.3) is 5.91 Å². The van der Waals surface area contributed by atoms with Crippen molar-refractivity contribution in [3.05, 3.63) is 45.3 Å². The summed E-state index contributed by atoms with van der Waals surface area (Å²) in [6, 6.07) is -0.0580. The van der Waals surface area contributed by atoms with Gasteiger partial charge >= 0.3 is 0 Å². The van der Waals surface area contributed by atoms with E-state index in [1.165, 1.54) is 0 Å². The van der Waals surface area contributed by atoms with E-state index in [9.17, 15) is 22.4 Å². The molecule has 1 rings (SSSR count). The maximum atomic E-state index is 12.8. The lowest BCUT2D eigenvalue weighted by Gasteiger charge is -2.01. The van der Waals surface area contributed by atoms with Gasteiger partial charge < -0.3 is 0 Å². The number of carbonyl (C=O) groups is 1. The maximum Gasteiger partial charge on any atom is 0.255 e. The van der Waals surface area contributed by atoms with Crippen molar-refractivity contribution in [2.45, 2.75) is 0 Å². The average Bonchev–Trinajstić information content (AvgIpc) is 2.16. The first kappa shape index (κ1) is 11.0. The van der Waals surface area contributed by atoms with Crippen LogP contribution in [0.3, 0.4) is 0 Å². The first-order chi connectivity index (χ1) is 6.99. The Balaban J connectivity index is 3.52. The van der Waals surface area contributed by atoms with Crippen molar-refractivity contribution in [1.82, 2.24) is 0 Å². The minimum Gasteiger partial charge on any atom is -0.287 e. The second-order valence-corrected chi connectivity index (χ2v) is 2.34. The molecule has 1 aromatic carbocycles. The molecule has 0 atom stereocenters. The number of rotatable bonds is 1. The van der Waals surface area contributed by atoms with Crippen LogP contribution in [0.4, 0.5) is 17.6 Å². The van der Waals surface area contributed by atoms with Crippen molar-refractivity contribution in [3.8, 4) is 0 Å². The van der Waals surface area contributed by atoms with Crippen LogP contribution in [0, 0.1) is 23.3 Å². The molecule has 0 aromatic heterocycles. The fourth-order valence-corrected chi connectivity index (χ4v) is 0.852. The minimum absolute atomic E-state index is 0.0580. The van der Waals surface area contributed by atoms with Crippen LogP contribution in [0.15, 0.2) is 11.2 Å². The van der Waals surface area contributed by atoms with E-state index in [-0.39, 0.29) is 6.07 Å². The van der Waals surface area contributed by atoms with Gasteiger partial charge in [-0.3, -0.25) is 4.79 Å². The van der Waals surface area contributed by atoms with Gasteiger partial charge in [-0.15, -0.1) is 0 Å². The van der Waals surface area contributed by atoms with Crippen molar-refractivity contribution in [2.75, 3.05) is 0 Å². The molecule has 1 aromatic rings. The molecular formula is C7HF4N3O. The van der Waals surface area contributed by atoms with Crippen LogP contribution in [0.1, 0.15) is 10.4 Å². The fraction of sp³-hybridized carbons (Fsp3) is 0. The predicted molar refractivity (Wildman–Crippen MR) is 39.8 cm³/mol. The summed E-state index contributed by atoms with van der Waals surface area (Å²) in [4.78, 5) is 12.7. The summed E-state index contributed by atoms with van der Waals surface area (Å²) < 4.78 is 50.8. The van der Waals surface area contributed by atoms with E-state index in [0.29, 0.717) is 0 Å². The van der Waals surface area contributed by atoms with Crippen LogP contribution in [-0.4, -0.2) is 5.91 Å². The van der Waals surface area contributed by atoms with Crippen molar-refractivity contribution >= 4 is 5.91 Å². The molecule has 0 heterocycles. The molecule has 4 nitrogen and oxygen atoms in total. The molecule has 1 amide bonds. The lowest BCUT2D eigenvalue weighted by molar-refractivity contribution is 0.0990. The van der Waals surface area contributed by atoms with Gasteiger partial charge in [0.2, 0.25) is 0 Å². The summed E-state index contributed by atoms with van der Waals surface area (Å²) >= 11 is 0. The maximum absolute atomic E-state index is 12.8. The number of hydrogen-bond acceptors (Lipinski definition) is 1. The Labute approximate surface area is 79.8 Å². The lowest BCUT2D eigenvalue weighted by Crippen LogP contribution is -2.07. The Morgan fingerprint density at radius 2 is 1.67 bits per heavy atom.